The summed E-state index contributed by atoms with van der Waals surface area (Å²) in [6.07, 6.45) is 0.126. The minimum Gasteiger partial charge on any atom is -0.497 e. The molecule has 0 spiro atoms. The number of furan rings is 1. The Balaban J connectivity index is 1.29. The van der Waals surface area contributed by atoms with Crippen molar-refractivity contribution in [2.45, 2.75) is 26.4 Å². The van der Waals surface area contributed by atoms with Gasteiger partial charge in [-0.15, -0.1) is 0 Å². The molecule has 0 saturated carbocycles. The van der Waals surface area contributed by atoms with Gasteiger partial charge in [-0.2, -0.15) is 0 Å². The molecule has 4 rings (SSSR count). The van der Waals surface area contributed by atoms with Crippen molar-refractivity contribution in [3.8, 4) is 11.5 Å². The van der Waals surface area contributed by atoms with E-state index in [1.54, 1.807) is 31.2 Å². The number of carbonyl (C=O) groups excluding carboxylic acids is 2. The fourth-order valence-corrected chi connectivity index (χ4v) is 3.53. The van der Waals surface area contributed by atoms with Gasteiger partial charge < -0.3 is 18.3 Å². The molecule has 2 aromatic carbocycles. The summed E-state index contributed by atoms with van der Waals surface area (Å²) >= 11 is 0. The summed E-state index contributed by atoms with van der Waals surface area (Å²) in [6.45, 7) is 1.96. The number of hydrogen-bond donors (Lipinski definition) is 2. The maximum atomic E-state index is 12.4. The fraction of sp³-hybridized carbons (Fsp3) is 0.192. The van der Waals surface area contributed by atoms with E-state index in [-0.39, 0.29) is 25.2 Å². The lowest BCUT2D eigenvalue weighted by Gasteiger charge is -2.09. The maximum Gasteiger partial charge on any atom is 0.339 e. The van der Waals surface area contributed by atoms with Crippen LogP contribution in [0.15, 0.2) is 74.3 Å². The molecule has 2 N–H and O–H groups in total. The number of amides is 2. The van der Waals surface area contributed by atoms with Gasteiger partial charge in [0.25, 0.3) is 0 Å². The Morgan fingerprint density at radius 3 is 2.51 bits per heavy atom. The van der Waals surface area contributed by atoms with E-state index in [1.807, 2.05) is 30.3 Å². The van der Waals surface area contributed by atoms with Gasteiger partial charge in [0.15, 0.2) is 5.76 Å². The summed E-state index contributed by atoms with van der Waals surface area (Å²) in [4.78, 5) is 37.0. The fourth-order valence-electron chi connectivity index (χ4n) is 3.53. The molecular formula is C26H24N2O7. The third-order valence-electron chi connectivity index (χ3n) is 5.42. The second kappa shape index (κ2) is 10.6. The number of ether oxygens (including phenoxy) is 2. The molecular weight excluding hydrogens is 452 g/mol. The lowest BCUT2D eigenvalue weighted by atomic mass is 10.0. The molecule has 0 aliphatic heterocycles. The number of fused-ring (bicyclic) bond motifs is 1. The van der Waals surface area contributed by atoms with Gasteiger partial charge in [-0.1, -0.05) is 18.2 Å². The average molecular weight is 476 g/mol. The van der Waals surface area contributed by atoms with Crippen LogP contribution in [0.1, 0.15) is 33.9 Å². The molecule has 0 bridgehead atoms. The molecule has 0 aliphatic carbocycles. The monoisotopic (exact) mass is 476 g/mol. The van der Waals surface area contributed by atoms with Crippen LogP contribution in [0, 0.1) is 6.92 Å². The standard InChI is InChI=1S/C26H24N2O7/c1-16-20-10-8-18(32-2)14-23(20)35-26(31)21(16)11-13-24(29)27-28-25(30)22-12-9-19(34-22)15-33-17-6-4-3-5-7-17/h3-10,12,14H,11,13,15H2,1-2H3,(H,27,29)(H,28,30). The van der Waals surface area contributed by atoms with E-state index in [9.17, 15) is 14.4 Å². The van der Waals surface area contributed by atoms with E-state index in [2.05, 4.69) is 10.9 Å². The van der Waals surface area contributed by atoms with Crippen LogP contribution in [-0.4, -0.2) is 18.9 Å². The van der Waals surface area contributed by atoms with Crippen LogP contribution < -0.4 is 26.0 Å². The lowest BCUT2D eigenvalue weighted by molar-refractivity contribution is -0.121. The minimum atomic E-state index is -0.611. The number of aryl methyl sites for hydroxylation is 1. The van der Waals surface area contributed by atoms with Gasteiger partial charge in [-0.3, -0.25) is 20.4 Å². The topological polar surface area (TPSA) is 120 Å². The van der Waals surface area contributed by atoms with E-state index < -0.39 is 17.4 Å². The molecule has 0 atom stereocenters. The number of benzene rings is 2. The molecule has 35 heavy (non-hydrogen) atoms. The Hall–Kier alpha value is -4.53. The van der Waals surface area contributed by atoms with Gasteiger partial charge in [0.1, 0.15) is 29.4 Å². The van der Waals surface area contributed by atoms with Crippen molar-refractivity contribution in [2.75, 3.05) is 7.11 Å². The first-order valence-electron chi connectivity index (χ1n) is 10.9. The van der Waals surface area contributed by atoms with Crippen molar-refractivity contribution in [3.05, 3.63) is 93.7 Å². The summed E-state index contributed by atoms with van der Waals surface area (Å²) in [5.74, 6) is 0.665. The summed E-state index contributed by atoms with van der Waals surface area (Å²) in [6, 6.07) is 17.5. The molecule has 0 saturated heterocycles. The molecule has 0 fully saturated rings. The smallest absolute Gasteiger partial charge is 0.339 e. The lowest BCUT2D eigenvalue weighted by Crippen LogP contribution is -2.41. The molecule has 0 aliphatic rings. The van der Waals surface area contributed by atoms with Gasteiger partial charge in [-0.25, -0.2) is 4.79 Å². The van der Waals surface area contributed by atoms with Gasteiger partial charge in [0.2, 0.25) is 5.91 Å². The molecule has 0 unspecified atom stereocenters. The van der Waals surface area contributed by atoms with Crippen LogP contribution in [0.5, 0.6) is 11.5 Å². The number of hydrogen-bond acceptors (Lipinski definition) is 7. The Morgan fingerprint density at radius 1 is 0.943 bits per heavy atom. The second-order valence-electron chi connectivity index (χ2n) is 7.73. The number of nitrogens with one attached hydrogen (secondary N) is 2. The van der Waals surface area contributed by atoms with Crippen LogP contribution in [0.25, 0.3) is 11.0 Å². The Morgan fingerprint density at radius 2 is 1.74 bits per heavy atom. The second-order valence-corrected chi connectivity index (χ2v) is 7.73. The van der Waals surface area contributed by atoms with Gasteiger partial charge in [0, 0.05) is 23.4 Å². The Kier molecular flexibility index (Phi) is 7.15. The number of para-hydroxylation sites is 1. The molecule has 9 nitrogen and oxygen atoms in total. The summed E-state index contributed by atoms with van der Waals surface area (Å²) in [5, 5.41) is 0.763. The van der Waals surface area contributed by atoms with Gasteiger partial charge >= 0.3 is 11.5 Å². The van der Waals surface area contributed by atoms with Crippen molar-refractivity contribution in [3.63, 3.8) is 0 Å². The average Bonchev–Trinajstić information content (AvgIpc) is 3.35. The Labute approximate surface area is 200 Å². The van der Waals surface area contributed by atoms with Crippen LogP contribution in [0.4, 0.5) is 0 Å². The van der Waals surface area contributed by atoms with Crippen molar-refractivity contribution in [1.29, 1.82) is 0 Å². The third kappa shape index (κ3) is 5.70. The molecule has 0 radical (unpaired) electrons. The highest BCUT2D eigenvalue weighted by atomic mass is 16.5. The molecule has 9 heteroatoms. The predicted molar refractivity (Wildman–Crippen MR) is 127 cm³/mol. The van der Waals surface area contributed by atoms with Crippen molar-refractivity contribution < 1.29 is 27.9 Å². The number of carbonyl (C=O) groups is 2. The third-order valence-corrected chi connectivity index (χ3v) is 5.42. The van der Waals surface area contributed by atoms with Crippen LogP contribution in [0.3, 0.4) is 0 Å². The highest BCUT2D eigenvalue weighted by molar-refractivity contribution is 5.93. The van der Waals surface area contributed by atoms with E-state index in [1.165, 1.54) is 13.2 Å². The molecule has 4 aromatic rings. The largest absolute Gasteiger partial charge is 0.497 e. The van der Waals surface area contributed by atoms with E-state index in [4.69, 9.17) is 18.3 Å². The minimum absolute atomic E-state index is 0.0259. The van der Waals surface area contributed by atoms with E-state index in [0.717, 1.165) is 10.9 Å². The quantitative estimate of drug-likeness (QED) is 0.294. The maximum absolute atomic E-state index is 12.4. The summed E-state index contributed by atoms with van der Waals surface area (Å²) in [7, 11) is 1.53. The molecule has 2 heterocycles. The SMILES string of the molecule is COc1ccc2c(C)c(CCC(=O)NNC(=O)c3ccc(COc4ccccc4)o3)c(=O)oc2c1. The van der Waals surface area contributed by atoms with Crippen molar-refractivity contribution >= 4 is 22.8 Å². The van der Waals surface area contributed by atoms with Gasteiger partial charge in [0.05, 0.1) is 7.11 Å². The highest BCUT2D eigenvalue weighted by Gasteiger charge is 2.16. The van der Waals surface area contributed by atoms with Crippen molar-refractivity contribution in [1.82, 2.24) is 10.9 Å². The van der Waals surface area contributed by atoms with Crippen LogP contribution in [0.2, 0.25) is 0 Å². The first-order chi connectivity index (χ1) is 16.9. The molecule has 2 amide bonds. The van der Waals surface area contributed by atoms with Crippen molar-refractivity contribution in [2.24, 2.45) is 0 Å². The zero-order valence-electron chi connectivity index (χ0n) is 19.3. The highest BCUT2D eigenvalue weighted by Crippen LogP contribution is 2.24. The zero-order valence-corrected chi connectivity index (χ0v) is 19.3. The zero-order chi connectivity index (χ0) is 24.8. The van der Waals surface area contributed by atoms with E-state index >= 15 is 0 Å². The number of rotatable bonds is 8. The number of hydrazine groups is 1. The van der Waals surface area contributed by atoms with E-state index in [0.29, 0.717) is 28.4 Å². The Bertz CT molecular complexity index is 1410. The van der Waals surface area contributed by atoms with Crippen LogP contribution in [-0.2, 0) is 17.8 Å². The normalized spacial score (nSPS) is 10.7. The summed E-state index contributed by atoms with van der Waals surface area (Å²) < 4.78 is 21.6. The number of methoxy groups -OCH3 is 1. The molecule has 180 valence electrons. The first-order valence-corrected chi connectivity index (χ1v) is 10.9. The molecule has 2 aromatic heterocycles. The van der Waals surface area contributed by atoms with Crippen LogP contribution >= 0.6 is 0 Å². The first kappa shape index (κ1) is 23.6. The van der Waals surface area contributed by atoms with Gasteiger partial charge in [-0.05, 0) is 55.3 Å². The predicted octanol–water partition coefficient (Wildman–Crippen LogP) is 3.68. The summed E-state index contributed by atoms with van der Waals surface area (Å²) in [5.41, 5.74) is 5.67.